The number of nitriles is 1. The molecule has 0 saturated heterocycles. The summed E-state index contributed by atoms with van der Waals surface area (Å²) in [7, 11) is 0. The molecule has 0 aliphatic carbocycles. The second-order valence-electron chi connectivity index (χ2n) is 7.46. The SMILES string of the molecule is Cc1ccc2c(Oc3cccc(C(=O)NCc4ccc(C#N)cc4Cl)c3C)ccnc2c1. The van der Waals surface area contributed by atoms with E-state index in [0.29, 0.717) is 27.6 Å². The number of ether oxygens (including phenoxy) is 1. The number of hydrogen-bond donors (Lipinski definition) is 1. The topological polar surface area (TPSA) is 75.0 Å². The molecule has 0 atom stereocenters. The van der Waals surface area contributed by atoms with E-state index in [4.69, 9.17) is 21.6 Å². The molecule has 5 nitrogen and oxygen atoms in total. The fourth-order valence-electron chi connectivity index (χ4n) is 3.44. The summed E-state index contributed by atoms with van der Waals surface area (Å²) in [6.45, 7) is 4.13. The number of nitrogens with zero attached hydrogens (tertiary/aromatic N) is 2. The molecule has 1 heterocycles. The van der Waals surface area contributed by atoms with Crippen molar-refractivity contribution < 1.29 is 9.53 Å². The van der Waals surface area contributed by atoms with Gasteiger partial charge in [0.2, 0.25) is 0 Å². The average Bonchev–Trinajstić information content (AvgIpc) is 2.79. The largest absolute Gasteiger partial charge is 0.456 e. The molecule has 1 amide bonds. The van der Waals surface area contributed by atoms with Crippen molar-refractivity contribution >= 4 is 28.4 Å². The van der Waals surface area contributed by atoms with Gasteiger partial charge in [0.25, 0.3) is 5.91 Å². The van der Waals surface area contributed by atoms with E-state index in [-0.39, 0.29) is 12.5 Å². The van der Waals surface area contributed by atoms with E-state index in [2.05, 4.69) is 10.3 Å². The minimum Gasteiger partial charge on any atom is -0.456 e. The van der Waals surface area contributed by atoms with Gasteiger partial charge in [-0.3, -0.25) is 9.78 Å². The Labute approximate surface area is 191 Å². The third-order valence-corrected chi connectivity index (χ3v) is 5.58. The van der Waals surface area contributed by atoms with Gasteiger partial charge < -0.3 is 10.1 Å². The minimum absolute atomic E-state index is 0.233. The van der Waals surface area contributed by atoms with Crippen LogP contribution in [0.4, 0.5) is 0 Å². The number of aryl methyl sites for hydroxylation is 1. The van der Waals surface area contributed by atoms with Crippen LogP contribution in [0.2, 0.25) is 5.02 Å². The van der Waals surface area contributed by atoms with Gasteiger partial charge in [-0.25, -0.2) is 0 Å². The van der Waals surface area contributed by atoms with Crippen LogP contribution in [0, 0.1) is 25.2 Å². The molecule has 0 unspecified atom stereocenters. The lowest BCUT2D eigenvalue weighted by Gasteiger charge is -2.14. The molecule has 4 rings (SSSR count). The molecule has 1 aromatic heterocycles. The maximum absolute atomic E-state index is 12.9. The lowest BCUT2D eigenvalue weighted by molar-refractivity contribution is 0.0950. The third kappa shape index (κ3) is 4.41. The number of nitrogens with one attached hydrogen (secondary N) is 1. The van der Waals surface area contributed by atoms with Gasteiger partial charge in [0.15, 0.2) is 0 Å². The number of hydrogen-bond acceptors (Lipinski definition) is 4. The quantitative estimate of drug-likeness (QED) is 0.406. The average molecular weight is 442 g/mol. The molecular formula is C26H20ClN3O2. The number of carbonyl (C=O) groups excluding carboxylic acids is 1. The summed E-state index contributed by atoms with van der Waals surface area (Å²) >= 11 is 6.21. The van der Waals surface area contributed by atoms with Crippen LogP contribution < -0.4 is 10.1 Å². The Bertz CT molecular complexity index is 1380. The lowest BCUT2D eigenvalue weighted by atomic mass is 10.1. The van der Waals surface area contributed by atoms with Crippen LogP contribution in [0.5, 0.6) is 11.5 Å². The highest BCUT2D eigenvalue weighted by Gasteiger charge is 2.14. The van der Waals surface area contributed by atoms with Crippen LogP contribution in [0.1, 0.15) is 32.6 Å². The minimum atomic E-state index is -0.233. The second-order valence-corrected chi connectivity index (χ2v) is 7.87. The zero-order valence-corrected chi connectivity index (χ0v) is 18.4. The van der Waals surface area contributed by atoms with Gasteiger partial charge in [0, 0.05) is 34.3 Å². The van der Waals surface area contributed by atoms with Gasteiger partial charge in [-0.05, 0) is 67.4 Å². The molecule has 158 valence electrons. The lowest BCUT2D eigenvalue weighted by Crippen LogP contribution is -2.23. The maximum Gasteiger partial charge on any atom is 0.251 e. The zero-order valence-electron chi connectivity index (χ0n) is 17.6. The molecule has 0 fully saturated rings. The third-order valence-electron chi connectivity index (χ3n) is 5.23. The smallest absolute Gasteiger partial charge is 0.251 e. The van der Waals surface area contributed by atoms with Crippen molar-refractivity contribution in [2.45, 2.75) is 20.4 Å². The fourth-order valence-corrected chi connectivity index (χ4v) is 3.69. The molecule has 6 heteroatoms. The summed E-state index contributed by atoms with van der Waals surface area (Å²) in [5.74, 6) is 1.05. The summed E-state index contributed by atoms with van der Waals surface area (Å²) < 4.78 is 6.19. The van der Waals surface area contributed by atoms with Crippen LogP contribution in [0.3, 0.4) is 0 Å². The second kappa shape index (κ2) is 9.09. The molecule has 3 aromatic carbocycles. The van der Waals surface area contributed by atoms with Crippen LogP contribution in [-0.4, -0.2) is 10.9 Å². The first-order valence-corrected chi connectivity index (χ1v) is 10.4. The van der Waals surface area contributed by atoms with Crippen LogP contribution in [-0.2, 0) is 6.54 Å². The van der Waals surface area contributed by atoms with Crippen molar-refractivity contribution in [1.82, 2.24) is 10.3 Å². The van der Waals surface area contributed by atoms with E-state index in [1.54, 1.807) is 36.5 Å². The van der Waals surface area contributed by atoms with Gasteiger partial charge in [0.1, 0.15) is 11.5 Å². The molecule has 0 spiro atoms. The maximum atomic E-state index is 12.9. The molecule has 4 aromatic rings. The number of pyridine rings is 1. The highest BCUT2D eigenvalue weighted by molar-refractivity contribution is 6.31. The Morgan fingerprint density at radius 1 is 1.09 bits per heavy atom. The fraction of sp³-hybridized carbons (Fsp3) is 0.115. The zero-order chi connectivity index (χ0) is 22.7. The molecule has 0 aliphatic rings. The molecule has 0 bridgehead atoms. The summed E-state index contributed by atoms with van der Waals surface area (Å²) in [5.41, 5.74) is 4.44. The van der Waals surface area contributed by atoms with E-state index in [0.717, 1.165) is 27.6 Å². The number of fused-ring (bicyclic) bond motifs is 1. The molecule has 0 radical (unpaired) electrons. The van der Waals surface area contributed by atoms with Gasteiger partial charge in [-0.1, -0.05) is 29.8 Å². The molecule has 32 heavy (non-hydrogen) atoms. The van der Waals surface area contributed by atoms with Gasteiger partial charge in [-0.15, -0.1) is 0 Å². The highest BCUT2D eigenvalue weighted by Crippen LogP contribution is 2.32. The summed E-state index contributed by atoms with van der Waals surface area (Å²) in [4.78, 5) is 17.3. The highest BCUT2D eigenvalue weighted by atomic mass is 35.5. The first-order valence-electron chi connectivity index (χ1n) is 10.1. The first-order chi connectivity index (χ1) is 15.5. The Kier molecular flexibility index (Phi) is 6.07. The Balaban J connectivity index is 1.55. The van der Waals surface area contributed by atoms with Crippen molar-refractivity contribution in [3.05, 3.63) is 99.7 Å². The van der Waals surface area contributed by atoms with Crippen molar-refractivity contribution in [2.75, 3.05) is 0 Å². The van der Waals surface area contributed by atoms with Crippen molar-refractivity contribution in [3.63, 3.8) is 0 Å². The van der Waals surface area contributed by atoms with Crippen LogP contribution in [0.25, 0.3) is 10.9 Å². The van der Waals surface area contributed by atoms with Crippen LogP contribution >= 0.6 is 11.6 Å². The number of amides is 1. The predicted octanol–water partition coefficient (Wildman–Crippen LogP) is 6.10. The summed E-state index contributed by atoms with van der Waals surface area (Å²) in [5, 5.41) is 13.2. The molecule has 0 saturated carbocycles. The van der Waals surface area contributed by atoms with Crippen LogP contribution in [0.15, 0.2) is 66.9 Å². The molecule has 1 N–H and O–H groups in total. The Morgan fingerprint density at radius 3 is 2.72 bits per heavy atom. The Hall–Kier alpha value is -3.88. The Morgan fingerprint density at radius 2 is 1.94 bits per heavy atom. The summed E-state index contributed by atoms with van der Waals surface area (Å²) in [6, 6.07) is 20.3. The van der Waals surface area contributed by atoms with Gasteiger partial charge >= 0.3 is 0 Å². The predicted molar refractivity (Wildman–Crippen MR) is 125 cm³/mol. The van der Waals surface area contributed by atoms with Crippen molar-refractivity contribution in [1.29, 1.82) is 5.26 Å². The standard InChI is InChI=1S/C26H20ClN3O2/c1-16-6-9-21-23(12-16)29-11-10-25(21)32-24-5-3-4-20(17(24)2)26(31)30-15-19-8-7-18(14-28)13-22(19)27/h3-13H,15H2,1-2H3,(H,30,31). The number of rotatable bonds is 5. The van der Waals surface area contributed by atoms with E-state index < -0.39 is 0 Å². The normalized spacial score (nSPS) is 10.6. The number of benzene rings is 3. The first kappa shape index (κ1) is 21.4. The van der Waals surface area contributed by atoms with Crippen molar-refractivity contribution in [2.24, 2.45) is 0 Å². The number of carbonyl (C=O) groups is 1. The van der Waals surface area contributed by atoms with Crippen molar-refractivity contribution in [3.8, 4) is 17.6 Å². The van der Waals surface area contributed by atoms with E-state index >= 15 is 0 Å². The van der Waals surface area contributed by atoms with E-state index in [1.165, 1.54) is 0 Å². The van der Waals surface area contributed by atoms with Gasteiger partial charge in [-0.2, -0.15) is 5.26 Å². The number of halogens is 1. The summed E-state index contributed by atoms with van der Waals surface area (Å²) in [6.07, 6.45) is 1.71. The van der Waals surface area contributed by atoms with E-state index in [1.807, 2.05) is 50.2 Å². The van der Waals surface area contributed by atoms with Gasteiger partial charge in [0.05, 0.1) is 17.1 Å². The molecule has 0 aliphatic heterocycles. The van der Waals surface area contributed by atoms with E-state index in [9.17, 15) is 4.79 Å². The molecular weight excluding hydrogens is 422 g/mol. The monoisotopic (exact) mass is 441 g/mol. The number of aromatic nitrogens is 1.